The van der Waals surface area contributed by atoms with Gasteiger partial charge in [0.2, 0.25) is 0 Å². The third-order valence-electron chi connectivity index (χ3n) is 4.43. The summed E-state index contributed by atoms with van der Waals surface area (Å²) >= 11 is 6.02. The monoisotopic (exact) mass is 254 g/mol. The lowest BCUT2D eigenvalue weighted by atomic mass is 9.95. The van der Waals surface area contributed by atoms with Crippen LogP contribution in [0.1, 0.15) is 12.7 Å². The van der Waals surface area contributed by atoms with Crippen LogP contribution in [0.15, 0.2) is 6.20 Å². The lowest BCUT2D eigenvalue weighted by Gasteiger charge is -2.23. The molecule has 3 rings (SSSR count). The molecular weight excluding hydrogens is 236 g/mol. The van der Waals surface area contributed by atoms with Crippen molar-refractivity contribution in [1.82, 2.24) is 19.8 Å². The van der Waals surface area contributed by atoms with Crippen LogP contribution in [0.4, 0.5) is 0 Å². The minimum atomic E-state index is 0.644. The van der Waals surface area contributed by atoms with E-state index in [1.54, 1.807) is 6.20 Å². The fourth-order valence-corrected chi connectivity index (χ4v) is 3.36. The molecule has 1 aromatic rings. The third-order valence-corrected chi connectivity index (χ3v) is 4.78. The van der Waals surface area contributed by atoms with Crippen LogP contribution >= 0.6 is 11.6 Å². The number of likely N-dealkylation sites (tertiary alicyclic amines) is 1. The van der Waals surface area contributed by atoms with Crippen molar-refractivity contribution in [2.24, 2.45) is 18.9 Å². The van der Waals surface area contributed by atoms with Crippen LogP contribution in [0, 0.1) is 11.8 Å². The van der Waals surface area contributed by atoms with E-state index in [1.165, 1.54) is 19.6 Å². The lowest BCUT2D eigenvalue weighted by molar-refractivity contribution is 0.224. The standard InChI is InChI=1S/C12H19ClN4/c1-8-10-4-14-3-9(10)6-17(8)7-12-15-5-11(13)16(12)2/h5,8-10,14H,3-4,6-7H2,1-2H3. The summed E-state index contributed by atoms with van der Waals surface area (Å²) in [6.45, 7) is 6.78. The summed E-state index contributed by atoms with van der Waals surface area (Å²) in [7, 11) is 1.98. The minimum absolute atomic E-state index is 0.644. The Labute approximate surface area is 107 Å². The molecule has 2 saturated heterocycles. The molecular formula is C12H19ClN4. The van der Waals surface area contributed by atoms with Gasteiger partial charge in [0.1, 0.15) is 11.0 Å². The van der Waals surface area contributed by atoms with Gasteiger partial charge in [0.25, 0.3) is 0 Å². The zero-order chi connectivity index (χ0) is 12.0. The Balaban J connectivity index is 1.72. The maximum absolute atomic E-state index is 6.02. The summed E-state index contributed by atoms with van der Waals surface area (Å²) in [4.78, 5) is 6.92. The van der Waals surface area contributed by atoms with E-state index in [9.17, 15) is 0 Å². The molecule has 1 N–H and O–H groups in total. The number of hydrogen-bond acceptors (Lipinski definition) is 3. The maximum atomic E-state index is 6.02. The van der Waals surface area contributed by atoms with Crippen molar-refractivity contribution in [3.63, 3.8) is 0 Å². The molecule has 3 atom stereocenters. The Morgan fingerprint density at radius 1 is 1.53 bits per heavy atom. The average Bonchev–Trinajstić information content (AvgIpc) is 2.95. The molecule has 2 fully saturated rings. The van der Waals surface area contributed by atoms with Crippen molar-refractivity contribution in [2.75, 3.05) is 19.6 Å². The van der Waals surface area contributed by atoms with E-state index in [-0.39, 0.29) is 0 Å². The number of fused-ring (bicyclic) bond motifs is 1. The van der Waals surface area contributed by atoms with Gasteiger partial charge in [-0.2, -0.15) is 0 Å². The number of nitrogens with zero attached hydrogens (tertiary/aromatic N) is 3. The molecule has 94 valence electrons. The second-order valence-corrected chi connectivity index (χ2v) is 5.70. The van der Waals surface area contributed by atoms with Crippen LogP contribution < -0.4 is 5.32 Å². The van der Waals surface area contributed by atoms with Crippen LogP contribution in [-0.4, -0.2) is 40.1 Å². The first-order valence-electron chi connectivity index (χ1n) is 6.27. The Hall–Kier alpha value is -0.580. The van der Waals surface area contributed by atoms with Crippen molar-refractivity contribution >= 4 is 11.6 Å². The van der Waals surface area contributed by atoms with E-state index in [2.05, 4.69) is 22.1 Å². The molecule has 0 saturated carbocycles. The largest absolute Gasteiger partial charge is 0.321 e. The quantitative estimate of drug-likeness (QED) is 0.859. The Kier molecular flexibility index (Phi) is 2.89. The Morgan fingerprint density at radius 2 is 2.35 bits per heavy atom. The summed E-state index contributed by atoms with van der Waals surface area (Å²) in [5.41, 5.74) is 0. The topological polar surface area (TPSA) is 33.1 Å². The van der Waals surface area contributed by atoms with E-state index < -0.39 is 0 Å². The normalized spacial score (nSPS) is 33.2. The summed E-state index contributed by atoms with van der Waals surface area (Å²) in [6.07, 6.45) is 1.74. The molecule has 2 aliphatic heterocycles. The van der Waals surface area contributed by atoms with Crippen molar-refractivity contribution in [3.8, 4) is 0 Å². The van der Waals surface area contributed by atoms with E-state index in [0.29, 0.717) is 11.2 Å². The van der Waals surface area contributed by atoms with Crippen LogP contribution in [0.2, 0.25) is 5.15 Å². The highest BCUT2D eigenvalue weighted by Gasteiger charge is 2.41. The summed E-state index contributed by atoms with van der Waals surface area (Å²) in [5.74, 6) is 2.70. The molecule has 0 amide bonds. The first kappa shape index (κ1) is 11.5. The van der Waals surface area contributed by atoms with Gasteiger partial charge in [-0.05, 0) is 31.8 Å². The highest BCUT2D eigenvalue weighted by Crippen LogP contribution is 2.33. The molecule has 0 spiro atoms. The van der Waals surface area contributed by atoms with Crippen molar-refractivity contribution < 1.29 is 0 Å². The maximum Gasteiger partial charge on any atom is 0.128 e. The van der Waals surface area contributed by atoms with Gasteiger partial charge < -0.3 is 9.88 Å². The molecule has 1 aromatic heterocycles. The molecule has 4 nitrogen and oxygen atoms in total. The van der Waals surface area contributed by atoms with Crippen LogP contribution in [0.5, 0.6) is 0 Å². The molecule has 5 heteroatoms. The van der Waals surface area contributed by atoms with Gasteiger partial charge in [0, 0.05) is 19.6 Å². The predicted octanol–water partition coefficient (Wildman–Crippen LogP) is 1.11. The first-order chi connectivity index (χ1) is 8.16. The average molecular weight is 255 g/mol. The number of aromatic nitrogens is 2. The number of rotatable bonds is 2. The second kappa shape index (κ2) is 4.26. The number of halogens is 1. The number of imidazole rings is 1. The highest BCUT2D eigenvalue weighted by atomic mass is 35.5. The smallest absolute Gasteiger partial charge is 0.128 e. The Bertz CT molecular complexity index is 417. The van der Waals surface area contributed by atoms with Gasteiger partial charge >= 0.3 is 0 Å². The van der Waals surface area contributed by atoms with E-state index in [1.807, 2.05) is 11.6 Å². The fourth-order valence-electron chi connectivity index (χ4n) is 3.22. The van der Waals surface area contributed by atoms with Crippen LogP contribution in [0.25, 0.3) is 0 Å². The summed E-state index contributed by atoms with van der Waals surface area (Å²) in [5, 5.41) is 4.20. The lowest BCUT2D eigenvalue weighted by Crippen LogP contribution is -2.33. The van der Waals surface area contributed by atoms with Gasteiger partial charge in [-0.15, -0.1) is 0 Å². The SMILES string of the molecule is CC1C2CNCC2CN1Cc1ncc(Cl)n1C. The second-order valence-electron chi connectivity index (χ2n) is 5.31. The molecule has 3 heterocycles. The van der Waals surface area contributed by atoms with Crippen molar-refractivity contribution in [1.29, 1.82) is 0 Å². The van der Waals surface area contributed by atoms with E-state index in [4.69, 9.17) is 11.6 Å². The Morgan fingerprint density at radius 3 is 3.00 bits per heavy atom. The van der Waals surface area contributed by atoms with Crippen molar-refractivity contribution in [3.05, 3.63) is 17.2 Å². The zero-order valence-corrected chi connectivity index (χ0v) is 11.1. The number of hydrogen-bond donors (Lipinski definition) is 1. The van der Waals surface area contributed by atoms with E-state index >= 15 is 0 Å². The van der Waals surface area contributed by atoms with Crippen LogP contribution in [-0.2, 0) is 13.6 Å². The summed E-state index contributed by atoms with van der Waals surface area (Å²) in [6, 6.07) is 0.644. The molecule has 2 aliphatic rings. The molecule has 0 bridgehead atoms. The van der Waals surface area contributed by atoms with Gasteiger partial charge in [-0.1, -0.05) is 11.6 Å². The fraction of sp³-hybridized carbons (Fsp3) is 0.750. The first-order valence-corrected chi connectivity index (χ1v) is 6.65. The van der Waals surface area contributed by atoms with Crippen molar-refractivity contribution in [2.45, 2.75) is 19.5 Å². The highest BCUT2D eigenvalue weighted by molar-refractivity contribution is 6.29. The van der Waals surface area contributed by atoms with Gasteiger partial charge in [-0.3, -0.25) is 4.90 Å². The summed E-state index contributed by atoms with van der Waals surface area (Å²) < 4.78 is 1.97. The molecule has 0 aliphatic carbocycles. The minimum Gasteiger partial charge on any atom is -0.321 e. The van der Waals surface area contributed by atoms with Gasteiger partial charge in [-0.25, -0.2) is 4.98 Å². The molecule has 0 aromatic carbocycles. The van der Waals surface area contributed by atoms with E-state index in [0.717, 1.165) is 24.2 Å². The van der Waals surface area contributed by atoms with Gasteiger partial charge in [0.15, 0.2) is 0 Å². The predicted molar refractivity (Wildman–Crippen MR) is 67.9 cm³/mol. The number of nitrogens with one attached hydrogen (secondary N) is 1. The molecule has 3 unspecified atom stereocenters. The molecule has 17 heavy (non-hydrogen) atoms. The third kappa shape index (κ3) is 1.88. The van der Waals surface area contributed by atoms with Gasteiger partial charge in [0.05, 0.1) is 12.7 Å². The molecule has 0 radical (unpaired) electrons. The van der Waals surface area contributed by atoms with Crippen LogP contribution in [0.3, 0.4) is 0 Å². The zero-order valence-electron chi connectivity index (χ0n) is 10.4.